The maximum Gasteiger partial charge on any atom is 0.248 e. The molecular formula is C9H18N2O2. The monoisotopic (exact) mass is 186 g/mol. The Hall–Kier alpha value is -0.610. The van der Waals surface area contributed by atoms with Crippen LogP contribution in [-0.4, -0.2) is 62.7 Å². The van der Waals surface area contributed by atoms with E-state index in [2.05, 4.69) is 11.9 Å². The summed E-state index contributed by atoms with van der Waals surface area (Å²) < 4.78 is 4.81. The van der Waals surface area contributed by atoms with Crippen molar-refractivity contribution >= 4 is 5.91 Å². The van der Waals surface area contributed by atoms with Gasteiger partial charge in [0.2, 0.25) is 5.91 Å². The van der Waals surface area contributed by atoms with E-state index in [1.54, 1.807) is 12.0 Å². The molecule has 0 spiro atoms. The summed E-state index contributed by atoms with van der Waals surface area (Å²) in [5.74, 6) is 0.0720. The Balaban J connectivity index is 2.38. The highest BCUT2D eigenvalue weighted by Crippen LogP contribution is 2.12. The van der Waals surface area contributed by atoms with Gasteiger partial charge in [0.15, 0.2) is 0 Å². The highest BCUT2D eigenvalue weighted by atomic mass is 16.5. The van der Waals surface area contributed by atoms with Crippen molar-refractivity contribution in [3.05, 3.63) is 0 Å². The zero-order valence-electron chi connectivity index (χ0n) is 8.62. The van der Waals surface area contributed by atoms with Crippen molar-refractivity contribution in [3.8, 4) is 0 Å². The minimum absolute atomic E-state index is 0.0720. The van der Waals surface area contributed by atoms with Crippen LogP contribution in [0.5, 0.6) is 0 Å². The molecule has 4 heteroatoms. The number of carbonyl (C=O) groups is 1. The smallest absolute Gasteiger partial charge is 0.248 e. The number of methoxy groups -OCH3 is 1. The second-order valence-electron chi connectivity index (χ2n) is 3.64. The maximum atomic E-state index is 11.4. The molecule has 0 N–H and O–H groups in total. The van der Waals surface area contributed by atoms with Gasteiger partial charge in [0, 0.05) is 26.7 Å². The highest BCUT2D eigenvalue weighted by Gasteiger charge is 2.25. The van der Waals surface area contributed by atoms with E-state index in [4.69, 9.17) is 4.74 Å². The average molecular weight is 186 g/mol. The molecular weight excluding hydrogens is 168 g/mol. The first-order valence-electron chi connectivity index (χ1n) is 4.58. The summed E-state index contributed by atoms with van der Waals surface area (Å²) in [4.78, 5) is 15.5. The van der Waals surface area contributed by atoms with Gasteiger partial charge in [-0.15, -0.1) is 0 Å². The van der Waals surface area contributed by atoms with Gasteiger partial charge in [0.1, 0.15) is 6.61 Å². The number of likely N-dealkylation sites (N-methyl/N-ethyl adjacent to an activating group) is 2. The van der Waals surface area contributed by atoms with Crippen LogP contribution in [-0.2, 0) is 9.53 Å². The van der Waals surface area contributed by atoms with Gasteiger partial charge in [0.05, 0.1) is 0 Å². The molecule has 1 heterocycles. The second-order valence-corrected chi connectivity index (χ2v) is 3.64. The van der Waals surface area contributed by atoms with E-state index >= 15 is 0 Å². The van der Waals surface area contributed by atoms with Gasteiger partial charge in [-0.05, 0) is 20.0 Å². The molecule has 0 saturated carbocycles. The van der Waals surface area contributed by atoms with Crippen LogP contribution in [0, 0.1) is 0 Å². The largest absolute Gasteiger partial charge is 0.375 e. The molecule has 0 unspecified atom stereocenters. The number of likely N-dealkylation sites (tertiary alicyclic amines) is 1. The molecule has 13 heavy (non-hydrogen) atoms. The van der Waals surface area contributed by atoms with E-state index in [1.165, 1.54) is 0 Å². The van der Waals surface area contributed by atoms with E-state index in [0.29, 0.717) is 6.04 Å². The molecule has 0 aromatic rings. The predicted molar refractivity (Wildman–Crippen MR) is 50.5 cm³/mol. The first kappa shape index (κ1) is 10.5. The van der Waals surface area contributed by atoms with Crippen molar-refractivity contribution in [2.45, 2.75) is 12.5 Å². The Kier molecular flexibility index (Phi) is 3.69. The Morgan fingerprint density at radius 1 is 1.69 bits per heavy atom. The van der Waals surface area contributed by atoms with Crippen molar-refractivity contribution < 1.29 is 9.53 Å². The molecule has 4 nitrogen and oxygen atoms in total. The number of hydrogen-bond donors (Lipinski definition) is 0. The summed E-state index contributed by atoms with van der Waals surface area (Å²) in [6, 6.07) is 0.368. The SMILES string of the molecule is COCC(=O)N(C)[C@@H]1CCN(C)C1. The third kappa shape index (κ3) is 2.67. The maximum absolute atomic E-state index is 11.4. The van der Waals surface area contributed by atoms with Crippen LogP contribution >= 0.6 is 0 Å². The standard InChI is InChI=1S/C9H18N2O2/c1-10-5-4-8(6-10)11(2)9(12)7-13-3/h8H,4-7H2,1-3H3/t8-/m1/s1. The first-order valence-corrected chi connectivity index (χ1v) is 4.58. The van der Waals surface area contributed by atoms with Crippen LogP contribution in [0.15, 0.2) is 0 Å². The van der Waals surface area contributed by atoms with Gasteiger partial charge in [-0.1, -0.05) is 0 Å². The van der Waals surface area contributed by atoms with Gasteiger partial charge < -0.3 is 14.5 Å². The van der Waals surface area contributed by atoms with E-state index in [1.807, 2.05) is 7.05 Å². The molecule has 1 aliphatic rings. The number of rotatable bonds is 3. The molecule has 1 saturated heterocycles. The molecule has 0 aromatic heterocycles. The first-order chi connectivity index (χ1) is 6.15. The Labute approximate surface area is 79.4 Å². The quantitative estimate of drug-likeness (QED) is 0.611. The van der Waals surface area contributed by atoms with Crippen LogP contribution in [0.25, 0.3) is 0 Å². The van der Waals surface area contributed by atoms with Gasteiger partial charge in [-0.3, -0.25) is 4.79 Å². The summed E-state index contributed by atoms with van der Waals surface area (Å²) >= 11 is 0. The second kappa shape index (κ2) is 4.58. The van der Waals surface area contributed by atoms with Crippen LogP contribution < -0.4 is 0 Å². The Bertz CT molecular complexity index is 184. The molecule has 76 valence electrons. The zero-order valence-corrected chi connectivity index (χ0v) is 8.62. The van der Waals surface area contributed by atoms with Gasteiger partial charge in [-0.2, -0.15) is 0 Å². The lowest BCUT2D eigenvalue weighted by Crippen LogP contribution is -2.40. The van der Waals surface area contributed by atoms with Crippen LogP contribution in [0.2, 0.25) is 0 Å². The van der Waals surface area contributed by atoms with Gasteiger partial charge >= 0.3 is 0 Å². The van der Waals surface area contributed by atoms with E-state index in [-0.39, 0.29) is 12.5 Å². The topological polar surface area (TPSA) is 32.8 Å². The summed E-state index contributed by atoms with van der Waals surface area (Å²) in [5.41, 5.74) is 0. The van der Waals surface area contributed by atoms with Crippen molar-refractivity contribution in [2.24, 2.45) is 0 Å². The molecule has 0 radical (unpaired) electrons. The molecule has 0 aliphatic carbocycles. The van der Waals surface area contributed by atoms with Crippen molar-refractivity contribution in [1.29, 1.82) is 0 Å². The third-order valence-electron chi connectivity index (χ3n) is 2.58. The van der Waals surface area contributed by atoms with Crippen molar-refractivity contribution in [3.63, 3.8) is 0 Å². The number of ether oxygens (including phenoxy) is 1. The normalized spacial score (nSPS) is 23.5. The molecule has 0 bridgehead atoms. The van der Waals surface area contributed by atoms with Crippen LogP contribution in [0.3, 0.4) is 0 Å². The zero-order chi connectivity index (χ0) is 9.84. The molecule has 1 rings (SSSR count). The van der Waals surface area contributed by atoms with Crippen molar-refractivity contribution in [1.82, 2.24) is 9.80 Å². The Morgan fingerprint density at radius 3 is 2.85 bits per heavy atom. The number of hydrogen-bond acceptors (Lipinski definition) is 3. The molecule has 1 aliphatic heterocycles. The van der Waals surface area contributed by atoms with E-state index < -0.39 is 0 Å². The third-order valence-corrected chi connectivity index (χ3v) is 2.58. The molecule has 0 aromatic carbocycles. The summed E-state index contributed by atoms with van der Waals surface area (Å²) in [6.07, 6.45) is 1.07. The molecule has 1 atom stereocenters. The lowest BCUT2D eigenvalue weighted by molar-refractivity contribution is -0.135. The number of nitrogens with zero attached hydrogens (tertiary/aromatic N) is 2. The minimum atomic E-state index is 0.0720. The lowest BCUT2D eigenvalue weighted by atomic mass is 10.2. The summed E-state index contributed by atoms with van der Waals surface area (Å²) in [7, 11) is 5.48. The van der Waals surface area contributed by atoms with E-state index in [9.17, 15) is 4.79 Å². The van der Waals surface area contributed by atoms with Crippen molar-refractivity contribution in [2.75, 3.05) is 40.9 Å². The average Bonchev–Trinajstić information content (AvgIpc) is 2.51. The summed E-state index contributed by atoms with van der Waals surface area (Å²) in [5, 5.41) is 0. The number of carbonyl (C=O) groups excluding carboxylic acids is 1. The highest BCUT2D eigenvalue weighted by molar-refractivity contribution is 5.77. The number of amides is 1. The van der Waals surface area contributed by atoms with E-state index in [0.717, 1.165) is 19.5 Å². The molecule has 1 amide bonds. The fourth-order valence-electron chi connectivity index (χ4n) is 1.66. The minimum Gasteiger partial charge on any atom is -0.375 e. The Morgan fingerprint density at radius 2 is 2.38 bits per heavy atom. The predicted octanol–water partition coefficient (Wildman–Crippen LogP) is -0.205. The fourth-order valence-corrected chi connectivity index (χ4v) is 1.66. The van der Waals surface area contributed by atoms with Crippen LogP contribution in [0.4, 0.5) is 0 Å². The fraction of sp³-hybridized carbons (Fsp3) is 0.889. The van der Waals surface area contributed by atoms with Crippen LogP contribution in [0.1, 0.15) is 6.42 Å². The summed E-state index contributed by atoms with van der Waals surface area (Å²) in [6.45, 7) is 2.25. The van der Waals surface area contributed by atoms with Gasteiger partial charge in [0.25, 0.3) is 0 Å². The van der Waals surface area contributed by atoms with Gasteiger partial charge in [-0.25, -0.2) is 0 Å². The lowest BCUT2D eigenvalue weighted by Gasteiger charge is -2.23. The molecule has 1 fully saturated rings.